The van der Waals surface area contributed by atoms with Gasteiger partial charge in [-0.2, -0.15) is 4.39 Å². The summed E-state index contributed by atoms with van der Waals surface area (Å²) in [6, 6.07) is 2.59. The van der Waals surface area contributed by atoms with E-state index < -0.39 is 6.04 Å². The average molecular weight is 196 g/mol. The Morgan fingerprint density at radius 2 is 2.21 bits per heavy atom. The molecule has 0 radical (unpaired) electrons. The Bertz CT molecular complexity index is 404. The van der Waals surface area contributed by atoms with Gasteiger partial charge in [0.1, 0.15) is 5.84 Å². The molecule has 14 heavy (non-hydrogen) atoms. The second kappa shape index (κ2) is 2.60. The molecule has 1 aliphatic heterocycles. The van der Waals surface area contributed by atoms with E-state index in [9.17, 15) is 4.39 Å². The SMILES string of the molecule is CC1(F)Oc2cccc(C(=N)N)c2O1. The topological polar surface area (TPSA) is 68.3 Å². The quantitative estimate of drug-likeness (QED) is 0.526. The second-order valence-electron chi connectivity index (χ2n) is 3.09. The standard InChI is InChI=1S/C9H9FN2O2/c1-9(10)13-6-4-2-3-5(8(11)12)7(6)14-9/h2-4H,1H3,(H3,11,12). The van der Waals surface area contributed by atoms with Crippen LogP contribution >= 0.6 is 0 Å². The molecule has 0 fully saturated rings. The van der Waals surface area contributed by atoms with E-state index in [1.807, 2.05) is 0 Å². The van der Waals surface area contributed by atoms with Crippen molar-refractivity contribution in [3.05, 3.63) is 23.8 Å². The van der Waals surface area contributed by atoms with Crippen molar-refractivity contribution in [3.8, 4) is 11.5 Å². The predicted molar refractivity (Wildman–Crippen MR) is 48.2 cm³/mol. The molecule has 1 aromatic carbocycles. The second-order valence-corrected chi connectivity index (χ2v) is 3.09. The van der Waals surface area contributed by atoms with E-state index in [-0.39, 0.29) is 17.3 Å². The Kier molecular flexibility index (Phi) is 1.64. The highest BCUT2D eigenvalue weighted by molar-refractivity contribution is 5.98. The number of fused-ring (bicyclic) bond motifs is 1. The van der Waals surface area contributed by atoms with Crippen molar-refractivity contribution < 1.29 is 13.9 Å². The van der Waals surface area contributed by atoms with Gasteiger partial charge in [0.15, 0.2) is 11.5 Å². The Morgan fingerprint density at radius 1 is 1.50 bits per heavy atom. The molecular formula is C9H9FN2O2. The lowest BCUT2D eigenvalue weighted by Gasteiger charge is -2.11. The van der Waals surface area contributed by atoms with Crippen LogP contribution in [-0.4, -0.2) is 11.9 Å². The normalized spacial score (nSPS) is 23.6. The number of rotatable bonds is 1. The first kappa shape index (κ1) is 8.80. The third-order valence-corrected chi connectivity index (χ3v) is 1.85. The van der Waals surface area contributed by atoms with Crippen molar-refractivity contribution in [1.29, 1.82) is 5.41 Å². The van der Waals surface area contributed by atoms with Crippen molar-refractivity contribution in [2.24, 2.45) is 5.73 Å². The van der Waals surface area contributed by atoms with Crippen molar-refractivity contribution in [2.75, 3.05) is 0 Å². The monoisotopic (exact) mass is 196 g/mol. The molecule has 0 aliphatic carbocycles. The number of halogens is 1. The molecule has 1 heterocycles. The molecule has 5 heteroatoms. The minimum absolute atomic E-state index is 0.178. The van der Waals surface area contributed by atoms with Gasteiger partial charge in [0.25, 0.3) is 0 Å². The van der Waals surface area contributed by atoms with Crippen molar-refractivity contribution in [2.45, 2.75) is 13.0 Å². The van der Waals surface area contributed by atoms with Gasteiger partial charge in [0, 0.05) is 6.92 Å². The van der Waals surface area contributed by atoms with E-state index >= 15 is 0 Å². The molecule has 4 nitrogen and oxygen atoms in total. The maximum Gasteiger partial charge on any atom is 0.404 e. The van der Waals surface area contributed by atoms with Crippen LogP contribution in [0.15, 0.2) is 18.2 Å². The van der Waals surface area contributed by atoms with Crippen LogP contribution < -0.4 is 15.2 Å². The first-order valence-corrected chi connectivity index (χ1v) is 4.04. The van der Waals surface area contributed by atoms with E-state index in [2.05, 4.69) is 0 Å². The summed E-state index contributed by atoms with van der Waals surface area (Å²) in [4.78, 5) is 0. The van der Waals surface area contributed by atoms with E-state index in [0.717, 1.165) is 6.92 Å². The molecule has 0 amide bonds. The Labute approximate surface area is 79.9 Å². The molecule has 2 rings (SSSR count). The van der Waals surface area contributed by atoms with E-state index in [0.29, 0.717) is 5.56 Å². The summed E-state index contributed by atoms with van der Waals surface area (Å²) in [6.45, 7) is 1.15. The summed E-state index contributed by atoms with van der Waals surface area (Å²) in [5, 5.41) is 7.25. The zero-order valence-electron chi connectivity index (χ0n) is 7.50. The highest BCUT2D eigenvalue weighted by Gasteiger charge is 2.38. The fraction of sp³-hybridized carbons (Fsp3) is 0.222. The average Bonchev–Trinajstić information content (AvgIpc) is 2.36. The minimum atomic E-state index is -2.17. The first-order chi connectivity index (χ1) is 6.49. The van der Waals surface area contributed by atoms with Crippen LogP contribution in [0.4, 0.5) is 4.39 Å². The van der Waals surface area contributed by atoms with Crippen LogP contribution in [0.2, 0.25) is 0 Å². The lowest BCUT2D eigenvalue weighted by atomic mass is 10.2. The Hall–Kier alpha value is -1.78. The molecule has 0 aromatic heterocycles. The van der Waals surface area contributed by atoms with Crippen molar-refractivity contribution >= 4 is 5.84 Å². The molecule has 0 spiro atoms. The van der Waals surface area contributed by atoms with Gasteiger partial charge >= 0.3 is 6.04 Å². The van der Waals surface area contributed by atoms with Gasteiger partial charge in [-0.25, -0.2) is 0 Å². The predicted octanol–water partition coefficient (Wildman–Crippen LogP) is 1.39. The highest BCUT2D eigenvalue weighted by Crippen LogP contribution is 2.42. The number of alkyl halides is 1. The van der Waals surface area contributed by atoms with Gasteiger partial charge in [0.05, 0.1) is 5.56 Å². The molecule has 1 unspecified atom stereocenters. The van der Waals surface area contributed by atoms with Gasteiger partial charge in [-0.15, -0.1) is 0 Å². The van der Waals surface area contributed by atoms with Crippen molar-refractivity contribution in [1.82, 2.24) is 0 Å². The van der Waals surface area contributed by atoms with Crippen LogP contribution in [0.5, 0.6) is 11.5 Å². The molecule has 1 atom stereocenters. The smallest absolute Gasteiger partial charge is 0.404 e. The molecule has 0 saturated carbocycles. The summed E-state index contributed by atoms with van der Waals surface area (Å²) in [5.41, 5.74) is 5.64. The number of nitrogens with two attached hydrogens (primary N) is 1. The molecule has 3 N–H and O–H groups in total. The fourth-order valence-electron chi connectivity index (χ4n) is 1.31. The number of benzene rings is 1. The maximum atomic E-state index is 13.3. The van der Waals surface area contributed by atoms with E-state index in [1.165, 1.54) is 0 Å². The van der Waals surface area contributed by atoms with Gasteiger partial charge in [-0.05, 0) is 12.1 Å². The number of hydrogen-bond donors (Lipinski definition) is 2. The maximum absolute atomic E-state index is 13.3. The third-order valence-electron chi connectivity index (χ3n) is 1.85. The summed E-state index contributed by atoms with van der Waals surface area (Å²) in [5.74, 6) is 0.274. The van der Waals surface area contributed by atoms with Crippen LogP contribution in [0.1, 0.15) is 12.5 Å². The van der Waals surface area contributed by atoms with Crippen molar-refractivity contribution in [3.63, 3.8) is 0 Å². The first-order valence-electron chi connectivity index (χ1n) is 4.04. The lowest BCUT2D eigenvalue weighted by molar-refractivity contribution is -0.173. The fourth-order valence-corrected chi connectivity index (χ4v) is 1.31. The molecule has 0 saturated heterocycles. The summed E-state index contributed by atoms with van der Waals surface area (Å²) in [6.07, 6.45) is 0. The van der Waals surface area contributed by atoms with E-state index in [1.54, 1.807) is 18.2 Å². The van der Waals surface area contributed by atoms with Gasteiger partial charge in [0.2, 0.25) is 0 Å². The van der Waals surface area contributed by atoms with Crippen LogP contribution in [0.3, 0.4) is 0 Å². The molecule has 74 valence electrons. The molecular weight excluding hydrogens is 187 g/mol. The molecule has 1 aliphatic rings. The Balaban J connectivity index is 2.52. The number of nitrogen functional groups attached to an aromatic ring is 1. The number of para-hydroxylation sites is 1. The van der Waals surface area contributed by atoms with Crippen LogP contribution in [-0.2, 0) is 0 Å². The zero-order valence-corrected chi connectivity index (χ0v) is 7.50. The number of hydrogen-bond acceptors (Lipinski definition) is 3. The largest absolute Gasteiger partial charge is 0.423 e. The third kappa shape index (κ3) is 1.26. The Morgan fingerprint density at radius 3 is 2.86 bits per heavy atom. The minimum Gasteiger partial charge on any atom is -0.423 e. The summed E-state index contributed by atoms with van der Waals surface area (Å²) >= 11 is 0. The van der Waals surface area contributed by atoms with E-state index in [4.69, 9.17) is 20.6 Å². The summed E-state index contributed by atoms with van der Waals surface area (Å²) < 4.78 is 23.0. The van der Waals surface area contributed by atoms with Gasteiger partial charge in [-0.1, -0.05) is 6.07 Å². The van der Waals surface area contributed by atoms with Crippen LogP contribution in [0, 0.1) is 5.41 Å². The highest BCUT2D eigenvalue weighted by atomic mass is 19.2. The molecule has 0 bridgehead atoms. The number of nitrogens with one attached hydrogen (secondary N) is 1. The number of amidine groups is 1. The number of ether oxygens (including phenoxy) is 2. The van der Waals surface area contributed by atoms with Gasteiger partial charge in [-0.3, -0.25) is 5.41 Å². The lowest BCUT2D eigenvalue weighted by Crippen LogP contribution is -2.28. The van der Waals surface area contributed by atoms with Crippen LogP contribution in [0.25, 0.3) is 0 Å². The van der Waals surface area contributed by atoms with Gasteiger partial charge < -0.3 is 15.2 Å². The summed E-state index contributed by atoms with van der Waals surface area (Å²) in [7, 11) is 0. The zero-order chi connectivity index (χ0) is 10.3. The molecule has 1 aromatic rings.